The maximum absolute atomic E-state index is 4.45. The van der Waals surface area contributed by atoms with Crippen molar-refractivity contribution in [3.8, 4) is 0 Å². The van der Waals surface area contributed by atoms with Crippen molar-refractivity contribution >= 4 is 11.3 Å². The summed E-state index contributed by atoms with van der Waals surface area (Å²) in [6, 6.07) is 0.532. The van der Waals surface area contributed by atoms with Crippen molar-refractivity contribution in [1.82, 2.24) is 15.2 Å². The van der Waals surface area contributed by atoms with E-state index in [4.69, 9.17) is 0 Å². The molecule has 2 rings (SSSR count). The third kappa shape index (κ3) is 2.77. The van der Waals surface area contributed by atoms with E-state index in [1.165, 1.54) is 18.0 Å². The van der Waals surface area contributed by atoms with Crippen LogP contribution in [-0.2, 0) is 0 Å². The Morgan fingerprint density at radius 1 is 1.53 bits per heavy atom. The summed E-state index contributed by atoms with van der Waals surface area (Å²) in [5, 5.41) is 6.80. The lowest BCUT2D eigenvalue weighted by Crippen LogP contribution is -2.31. The van der Waals surface area contributed by atoms with Crippen LogP contribution in [0.1, 0.15) is 30.8 Å². The normalized spacial score (nSPS) is 21.1. The van der Waals surface area contributed by atoms with Gasteiger partial charge in [-0.1, -0.05) is 6.92 Å². The summed E-state index contributed by atoms with van der Waals surface area (Å²) in [5.41, 5.74) is 0. The average molecular weight is 225 g/mol. The molecule has 84 valence electrons. The zero-order chi connectivity index (χ0) is 10.5. The monoisotopic (exact) mass is 225 g/mol. The second kappa shape index (κ2) is 5.58. The standard InChI is InChI=1S/C11H19N3S/c1-2-10(11-13-6-9-15-11)14-7-3-4-12-5-8-14/h6,9-10,12H,2-5,7-8H2,1H3. The lowest BCUT2D eigenvalue weighted by molar-refractivity contribution is 0.205. The zero-order valence-electron chi connectivity index (χ0n) is 9.28. The molecule has 1 atom stereocenters. The molecular formula is C11H19N3S. The molecule has 4 heteroatoms. The fraction of sp³-hybridized carbons (Fsp3) is 0.727. The minimum Gasteiger partial charge on any atom is -0.315 e. The molecule has 0 aromatic carbocycles. The lowest BCUT2D eigenvalue weighted by Gasteiger charge is -2.27. The molecule has 0 spiro atoms. The fourth-order valence-electron chi connectivity index (χ4n) is 2.17. The summed E-state index contributed by atoms with van der Waals surface area (Å²) in [7, 11) is 0. The van der Waals surface area contributed by atoms with Gasteiger partial charge in [0.15, 0.2) is 0 Å². The topological polar surface area (TPSA) is 28.2 Å². The third-order valence-corrected chi connectivity index (χ3v) is 3.82. The van der Waals surface area contributed by atoms with Crippen LogP contribution in [-0.4, -0.2) is 36.1 Å². The molecular weight excluding hydrogens is 206 g/mol. The molecule has 1 fully saturated rings. The molecule has 3 nitrogen and oxygen atoms in total. The van der Waals surface area contributed by atoms with Crippen LogP contribution in [0.25, 0.3) is 0 Å². The summed E-state index contributed by atoms with van der Waals surface area (Å²) in [6.45, 7) is 6.88. The number of thiazole rings is 1. The van der Waals surface area contributed by atoms with Crippen LogP contribution in [0, 0.1) is 0 Å². The van der Waals surface area contributed by atoms with Crippen LogP contribution < -0.4 is 5.32 Å². The van der Waals surface area contributed by atoms with Gasteiger partial charge in [0.05, 0.1) is 6.04 Å². The molecule has 0 amide bonds. The molecule has 0 aliphatic carbocycles. The Kier molecular flexibility index (Phi) is 4.11. The van der Waals surface area contributed by atoms with Gasteiger partial charge in [0.25, 0.3) is 0 Å². The van der Waals surface area contributed by atoms with Crippen molar-refractivity contribution in [2.45, 2.75) is 25.8 Å². The third-order valence-electron chi connectivity index (χ3n) is 2.94. The van der Waals surface area contributed by atoms with Crippen LogP contribution in [0.4, 0.5) is 0 Å². The SMILES string of the molecule is CCC(c1nccs1)N1CCCNCC1. The first-order valence-electron chi connectivity index (χ1n) is 5.76. The summed E-state index contributed by atoms with van der Waals surface area (Å²) >= 11 is 1.78. The number of nitrogens with one attached hydrogen (secondary N) is 1. The number of rotatable bonds is 3. The molecule has 1 unspecified atom stereocenters. The molecule has 1 aromatic heterocycles. The van der Waals surface area contributed by atoms with E-state index in [0.717, 1.165) is 26.1 Å². The number of aromatic nitrogens is 1. The van der Waals surface area contributed by atoms with E-state index in [2.05, 4.69) is 27.5 Å². The Hall–Kier alpha value is -0.450. The van der Waals surface area contributed by atoms with E-state index in [1.807, 2.05) is 6.20 Å². The van der Waals surface area contributed by atoms with Crippen LogP contribution in [0.2, 0.25) is 0 Å². The molecule has 0 saturated carbocycles. The minimum absolute atomic E-state index is 0.532. The summed E-state index contributed by atoms with van der Waals surface area (Å²) < 4.78 is 0. The quantitative estimate of drug-likeness (QED) is 0.851. The second-order valence-electron chi connectivity index (χ2n) is 3.93. The Morgan fingerprint density at radius 2 is 2.47 bits per heavy atom. The molecule has 1 aliphatic rings. The molecule has 0 radical (unpaired) electrons. The van der Waals surface area contributed by atoms with Gasteiger partial charge in [-0.25, -0.2) is 4.98 Å². The van der Waals surface area contributed by atoms with Gasteiger partial charge in [-0.15, -0.1) is 11.3 Å². The molecule has 1 N–H and O–H groups in total. The molecule has 1 aromatic rings. The maximum atomic E-state index is 4.45. The van der Waals surface area contributed by atoms with E-state index in [1.54, 1.807) is 11.3 Å². The van der Waals surface area contributed by atoms with Crippen molar-refractivity contribution in [1.29, 1.82) is 0 Å². The van der Waals surface area contributed by atoms with Gasteiger partial charge >= 0.3 is 0 Å². The van der Waals surface area contributed by atoms with Crippen LogP contribution in [0.15, 0.2) is 11.6 Å². The highest BCUT2D eigenvalue weighted by Crippen LogP contribution is 2.25. The van der Waals surface area contributed by atoms with Gasteiger partial charge in [0.2, 0.25) is 0 Å². The first kappa shape index (κ1) is 11.0. The van der Waals surface area contributed by atoms with Crippen LogP contribution in [0.5, 0.6) is 0 Å². The maximum Gasteiger partial charge on any atom is 0.110 e. The van der Waals surface area contributed by atoms with Crippen molar-refractivity contribution in [2.75, 3.05) is 26.2 Å². The van der Waals surface area contributed by atoms with E-state index in [0.29, 0.717) is 6.04 Å². The Bertz CT molecular complexity index is 265. The highest BCUT2D eigenvalue weighted by Gasteiger charge is 2.21. The fourth-order valence-corrected chi connectivity index (χ4v) is 3.02. The molecule has 2 heterocycles. The van der Waals surface area contributed by atoms with Gasteiger partial charge in [-0.3, -0.25) is 4.90 Å². The van der Waals surface area contributed by atoms with Gasteiger partial charge in [-0.2, -0.15) is 0 Å². The molecule has 15 heavy (non-hydrogen) atoms. The average Bonchev–Trinajstić information content (AvgIpc) is 2.63. The molecule has 0 bridgehead atoms. The molecule has 1 aliphatic heterocycles. The van der Waals surface area contributed by atoms with Crippen molar-refractivity contribution in [3.05, 3.63) is 16.6 Å². The predicted molar refractivity (Wildman–Crippen MR) is 64.2 cm³/mol. The smallest absolute Gasteiger partial charge is 0.110 e. The Labute approximate surface area is 95.5 Å². The summed E-state index contributed by atoms with van der Waals surface area (Å²) in [6.07, 6.45) is 4.33. The van der Waals surface area contributed by atoms with Gasteiger partial charge in [0.1, 0.15) is 5.01 Å². The van der Waals surface area contributed by atoms with Crippen LogP contribution >= 0.6 is 11.3 Å². The van der Waals surface area contributed by atoms with Gasteiger partial charge in [0, 0.05) is 31.2 Å². The summed E-state index contributed by atoms with van der Waals surface area (Å²) in [5.74, 6) is 0. The van der Waals surface area contributed by atoms with E-state index >= 15 is 0 Å². The first-order chi connectivity index (χ1) is 7.42. The van der Waals surface area contributed by atoms with E-state index in [9.17, 15) is 0 Å². The number of hydrogen-bond acceptors (Lipinski definition) is 4. The van der Waals surface area contributed by atoms with E-state index < -0.39 is 0 Å². The molecule has 1 saturated heterocycles. The Morgan fingerprint density at radius 3 is 3.20 bits per heavy atom. The van der Waals surface area contributed by atoms with Crippen LogP contribution in [0.3, 0.4) is 0 Å². The highest BCUT2D eigenvalue weighted by molar-refractivity contribution is 7.09. The van der Waals surface area contributed by atoms with Gasteiger partial charge < -0.3 is 5.32 Å². The minimum atomic E-state index is 0.532. The predicted octanol–water partition coefficient (Wildman–Crippen LogP) is 1.89. The first-order valence-corrected chi connectivity index (χ1v) is 6.64. The Balaban J connectivity index is 2.04. The van der Waals surface area contributed by atoms with Crippen molar-refractivity contribution in [2.24, 2.45) is 0 Å². The number of hydrogen-bond donors (Lipinski definition) is 1. The zero-order valence-corrected chi connectivity index (χ0v) is 10.1. The van der Waals surface area contributed by atoms with Crippen molar-refractivity contribution < 1.29 is 0 Å². The van der Waals surface area contributed by atoms with E-state index in [-0.39, 0.29) is 0 Å². The van der Waals surface area contributed by atoms with Crippen molar-refractivity contribution in [3.63, 3.8) is 0 Å². The summed E-state index contributed by atoms with van der Waals surface area (Å²) in [4.78, 5) is 7.02. The second-order valence-corrected chi connectivity index (χ2v) is 4.86. The number of nitrogens with zero attached hydrogens (tertiary/aromatic N) is 2. The van der Waals surface area contributed by atoms with Gasteiger partial charge in [-0.05, 0) is 19.4 Å². The lowest BCUT2D eigenvalue weighted by atomic mass is 10.2. The highest BCUT2D eigenvalue weighted by atomic mass is 32.1. The largest absolute Gasteiger partial charge is 0.315 e.